The van der Waals surface area contributed by atoms with Crippen LogP contribution in [0.4, 0.5) is 0 Å². The van der Waals surface area contributed by atoms with E-state index in [0.29, 0.717) is 12.2 Å². The van der Waals surface area contributed by atoms with Gasteiger partial charge in [-0.1, -0.05) is 12.1 Å². The van der Waals surface area contributed by atoms with Gasteiger partial charge in [0.1, 0.15) is 6.04 Å². The minimum Gasteiger partial charge on any atom is -0.492 e. The Kier molecular flexibility index (Phi) is 4.70. The molecule has 2 atom stereocenters. The smallest absolute Gasteiger partial charge is 0.231 e. The zero-order valence-electron chi connectivity index (χ0n) is 17.2. The van der Waals surface area contributed by atoms with Gasteiger partial charge >= 0.3 is 0 Å². The van der Waals surface area contributed by atoms with Crippen molar-refractivity contribution in [2.75, 3.05) is 27.5 Å². The van der Waals surface area contributed by atoms with Crippen molar-refractivity contribution in [1.29, 1.82) is 0 Å². The highest BCUT2D eigenvalue weighted by Crippen LogP contribution is 2.48. The molecule has 5 heteroatoms. The zero-order valence-corrected chi connectivity index (χ0v) is 17.2. The summed E-state index contributed by atoms with van der Waals surface area (Å²) >= 11 is 0. The number of rotatable bonds is 4. The zero-order chi connectivity index (χ0) is 20.0. The number of hydrogen-bond donors (Lipinski definition) is 1. The van der Waals surface area contributed by atoms with Gasteiger partial charge in [0.25, 0.3) is 0 Å². The van der Waals surface area contributed by atoms with Crippen LogP contribution in [0, 0.1) is 0 Å². The molecule has 152 valence electrons. The Morgan fingerprint density at radius 1 is 1.10 bits per heavy atom. The molecule has 2 aromatic carbocycles. The Morgan fingerprint density at radius 3 is 2.76 bits per heavy atom. The van der Waals surface area contributed by atoms with Gasteiger partial charge in [0.2, 0.25) is 12.5 Å². The molecule has 0 amide bonds. The molecule has 0 fully saturated rings. The SMILES string of the molecule is COc1c2c(cc3c1[C@@H](CC(=O)c1ccc4c(c1)CCCC4)[NH+](C)CC3)OCO2. The first-order valence-corrected chi connectivity index (χ1v) is 10.6. The van der Waals surface area contributed by atoms with Crippen LogP contribution in [0.3, 0.4) is 0 Å². The van der Waals surface area contributed by atoms with E-state index in [-0.39, 0.29) is 18.6 Å². The number of fused-ring (bicyclic) bond motifs is 3. The van der Waals surface area contributed by atoms with E-state index in [1.807, 2.05) is 6.07 Å². The number of quaternary nitrogens is 1. The van der Waals surface area contributed by atoms with Crippen molar-refractivity contribution in [3.63, 3.8) is 0 Å². The number of ether oxygens (including phenoxy) is 3. The minimum atomic E-state index is 0.0479. The summed E-state index contributed by atoms with van der Waals surface area (Å²) < 4.78 is 17.0. The number of benzene rings is 2. The van der Waals surface area contributed by atoms with Gasteiger partial charge < -0.3 is 19.1 Å². The van der Waals surface area contributed by atoms with Crippen molar-refractivity contribution in [1.82, 2.24) is 0 Å². The van der Waals surface area contributed by atoms with Crippen molar-refractivity contribution in [2.45, 2.75) is 44.6 Å². The molecule has 2 heterocycles. The second kappa shape index (κ2) is 7.38. The number of Topliss-reactive ketones (excluding diaryl/α,β-unsaturated/α-hetero) is 1. The number of aryl methyl sites for hydroxylation is 2. The van der Waals surface area contributed by atoms with Crippen LogP contribution in [-0.4, -0.2) is 33.3 Å². The molecule has 5 rings (SSSR count). The molecule has 2 aromatic rings. The molecule has 1 aliphatic carbocycles. The summed E-state index contributed by atoms with van der Waals surface area (Å²) in [5, 5.41) is 0. The third kappa shape index (κ3) is 3.18. The fourth-order valence-electron chi connectivity index (χ4n) is 5.11. The maximum atomic E-state index is 13.3. The molecule has 0 saturated heterocycles. The topological polar surface area (TPSA) is 49.2 Å². The summed E-state index contributed by atoms with van der Waals surface area (Å²) in [5.74, 6) is 2.36. The Hall–Kier alpha value is -2.53. The van der Waals surface area contributed by atoms with E-state index in [1.54, 1.807) is 7.11 Å². The highest BCUT2D eigenvalue weighted by molar-refractivity contribution is 5.96. The number of likely N-dealkylation sites (N-methyl/N-ethyl adjacent to an activating group) is 1. The van der Waals surface area contributed by atoms with Gasteiger partial charge in [0.05, 0.1) is 32.7 Å². The lowest BCUT2D eigenvalue weighted by Gasteiger charge is -2.32. The summed E-state index contributed by atoms with van der Waals surface area (Å²) in [5.41, 5.74) is 5.91. The van der Waals surface area contributed by atoms with Gasteiger partial charge in [0, 0.05) is 12.0 Å². The largest absolute Gasteiger partial charge is 0.492 e. The van der Waals surface area contributed by atoms with E-state index in [1.165, 1.54) is 34.4 Å². The summed E-state index contributed by atoms with van der Waals surface area (Å²) in [4.78, 5) is 14.6. The predicted molar refractivity (Wildman–Crippen MR) is 109 cm³/mol. The second-order valence-electron chi connectivity index (χ2n) is 8.43. The average Bonchev–Trinajstić information content (AvgIpc) is 3.22. The first-order chi connectivity index (χ1) is 14.2. The van der Waals surface area contributed by atoms with Crippen LogP contribution < -0.4 is 19.1 Å². The molecule has 1 unspecified atom stereocenters. The first kappa shape index (κ1) is 18.5. The van der Waals surface area contributed by atoms with E-state index in [2.05, 4.69) is 25.2 Å². The van der Waals surface area contributed by atoms with Crippen LogP contribution in [0.25, 0.3) is 0 Å². The van der Waals surface area contributed by atoms with Gasteiger partial charge in [-0.3, -0.25) is 4.79 Å². The molecule has 5 nitrogen and oxygen atoms in total. The minimum absolute atomic E-state index is 0.0479. The Balaban J connectivity index is 1.48. The molecular formula is C24H28NO4+. The van der Waals surface area contributed by atoms with Crippen LogP contribution in [0.1, 0.15) is 57.9 Å². The Morgan fingerprint density at radius 2 is 1.93 bits per heavy atom. The predicted octanol–water partition coefficient (Wildman–Crippen LogP) is 2.69. The Bertz CT molecular complexity index is 968. The molecule has 0 spiro atoms. The second-order valence-corrected chi connectivity index (χ2v) is 8.43. The number of carbonyl (C=O) groups excluding carboxylic acids is 1. The van der Waals surface area contributed by atoms with Crippen LogP contribution in [-0.2, 0) is 19.3 Å². The fraction of sp³-hybridized carbons (Fsp3) is 0.458. The van der Waals surface area contributed by atoms with E-state index in [4.69, 9.17) is 14.2 Å². The van der Waals surface area contributed by atoms with Gasteiger partial charge in [-0.15, -0.1) is 0 Å². The lowest BCUT2D eigenvalue weighted by atomic mass is 9.86. The fourth-order valence-corrected chi connectivity index (χ4v) is 5.11. The van der Waals surface area contributed by atoms with Crippen molar-refractivity contribution in [3.8, 4) is 17.2 Å². The van der Waals surface area contributed by atoms with Crippen LogP contribution in [0.2, 0.25) is 0 Å². The normalized spacial score (nSPS) is 22.0. The molecular weight excluding hydrogens is 366 g/mol. The van der Waals surface area contributed by atoms with Gasteiger partial charge in [-0.25, -0.2) is 0 Å². The Labute approximate surface area is 171 Å². The summed E-state index contributed by atoms with van der Waals surface area (Å²) in [7, 11) is 3.83. The van der Waals surface area contributed by atoms with Crippen LogP contribution >= 0.6 is 0 Å². The summed E-state index contributed by atoms with van der Waals surface area (Å²) in [6.45, 7) is 1.20. The third-order valence-electron chi connectivity index (χ3n) is 6.74. The molecule has 0 aromatic heterocycles. The average molecular weight is 394 g/mol. The van der Waals surface area contributed by atoms with Crippen LogP contribution in [0.5, 0.6) is 17.2 Å². The third-order valence-corrected chi connectivity index (χ3v) is 6.74. The number of nitrogens with one attached hydrogen (secondary N) is 1. The molecule has 2 aliphatic heterocycles. The standard InChI is InChI=1S/C24H27NO4/c1-25-10-9-18-12-21-23(29-14-28-21)24(27-2)22(18)19(25)13-20(26)17-8-7-15-5-3-4-6-16(15)11-17/h7-8,11-12,19H,3-6,9-10,13-14H2,1-2H3/p+1/t19-/m1/s1. The van der Waals surface area contributed by atoms with E-state index in [9.17, 15) is 4.79 Å². The lowest BCUT2D eigenvalue weighted by Crippen LogP contribution is -3.10. The highest BCUT2D eigenvalue weighted by Gasteiger charge is 2.37. The number of ketones is 1. The monoisotopic (exact) mass is 394 g/mol. The number of methoxy groups -OCH3 is 1. The highest BCUT2D eigenvalue weighted by atomic mass is 16.7. The first-order valence-electron chi connectivity index (χ1n) is 10.6. The molecule has 1 N–H and O–H groups in total. The molecule has 0 bridgehead atoms. The summed E-state index contributed by atoms with van der Waals surface area (Å²) in [6.07, 6.45) is 6.11. The van der Waals surface area contributed by atoms with Gasteiger partial charge in [0.15, 0.2) is 17.3 Å². The quantitative estimate of drug-likeness (QED) is 0.810. The van der Waals surface area contributed by atoms with Gasteiger partial charge in [-0.05, 0) is 54.5 Å². The lowest BCUT2D eigenvalue weighted by molar-refractivity contribution is -0.913. The number of carbonyl (C=O) groups is 1. The molecule has 0 saturated carbocycles. The van der Waals surface area contributed by atoms with E-state index >= 15 is 0 Å². The summed E-state index contributed by atoms with van der Waals surface area (Å²) in [6, 6.07) is 8.43. The van der Waals surface area contributed by atoms with Gasteiger partial charge in [-0.2, -0.15) is 0 Å². The molecule has 0 radical (unpaired) electrons. The maximum Gasteiger partial charge on any atom is 0.231 e. The van der Waals surface area contributed by atoms with Crippen molar-refractivity contribution >= 4 is 5.78 Å². The maximum absolute atomic E-state index is 13.3. The molecule has 29 heavy (non-hydrogen) atoms. The van der Waals surface area contributed by atoms with Crippen molar-refractivity contribution < 1.29 is 23.9 Å². The van der Waals surface area contributed by atoms with Crippen LogP contribution in [0.15, 0.2) is 24.3 Å². The van der Waals surface area contributed by atoms with Crippen molar-refractivity contribution in [3.05, 3.63) is 52.1 Å². The van der Waals surface area contributed by atoms with Crippen molar-refractivity contribution in [2.24, 2.45) is 0 Å². The van der Waals surface area contributed by atoms with E-state index < -0.39 is 0 Å². The molecule has 3 aliphatic rings. The van der Waals surface area contributed by atoms with E-state index in [0.717, 1.165) is 48.4 Å². The number of hydrogen-bond acceptors (Lipinski definition) is 4.